The Kier molecular flexibility index (Phi) is 5.23. The highest BCUT2D eigenvalue weighted by Crippen LogP contribution is 2.16. The number of rotatable bonds is 4. The zero-order chi connectivity index (χ0) is 9.52. The van der Waals surface area contributed by atoms with Crippen molar-refractivity contribution in [2.24, 2.45) is 0 Å². The predicted molar refractivity (Wildman–Crippen MR) is 57.0 cm³/mol. The van der Waals surface area contributed by atoms with E-state index < -0.39 is 0 Å². The molecule has 0 spiro atoms. The molecule has 0 saturated carbocycles. The van der Waals surface area contributed by atoms with Crippen LogP contribution >= 0.6 is 11.8 Å². The van der Waals surface area contributed by atoms with Crippen LogP contribution in [-0.2, 0) is 4.79 Å². The summed E-state index contributed by atoms with van der Waals surface area (Å²) in [5, 5.41) is 6.02. The Morgan fingerprint density at radius 3 is 3.08 bits per heavy atom. The first-order valence-corrected chi connectivity index (χ1v) is 6.00. The summed E-state index contributed by atoms with van der Waals surface area (Å²) in [5.74, 6) is 2.52. The van der Waals surface area contributed by atoms with Crippen LogP contribution in [0, 0.1) is 0 Å². The molecule has 1 amide bonds. The number of thioether (sulfide) groups is 1. The molecule has 0 radical (unpaired) electrons. The fourth-order valence-electron chi connectivity index (χ4n) is 1.39. The average Bonchev–Trinajstić information content (AvgIpc) is 2.16. The van der Waals surface area contributed by atoms with Gasteiger partial charge in [0.15, 0.2) is 0 Å². The Bertz CT molecular complexity index is 158. The fourth-order valence-corrected chi connectivity index (χ4v) is 2.46. The summed E-state index contributed by atoms with van der Waals surface area (Å²) < 4.78 is 0. The van der Waals surface area contributed by atoms with E-state index >= 15 is 0 Å². The molecule has 76 valence electrons. The molecule has 3 nitrogen and oxygen atoms in total. The van der Waals surface area contributed by atoms with Gasteiger partial charge in [0.05, 0.1) is 0 Å². The van der Waals surface area contributed by atoms with Crippen molar-refractivity contribution in [3.8, 4) is 0 Å². The number of amides is 1. The van der Waals surface area contributed by atoms with Gasteiger partial charge in [-0.1, -0.05) is 0 Å². The standard InChI is InChI=1S/C9H18N2OS/c1-10-5-4-9(12)11-8-3-2-6-13-7-8/h8,10H,2-7H2,1H3,(H,11,12). The average molecular weight is 202 g/mol. The first-order valence-electron chi connectivity index (χ1n) is 4.84. The van der Waals surface area contributed by atoms with Crippen molar-refractivity contribution in [3.05, 3.63) is 0 Å². The van der Waals surface area contributed by atoms with Gasteiger partial charge in [0.2, 0.25) is 5.91 Å². The number of carbonyl (C=O) groups is 1. The van der Waals surface area contributed by atoms with Gasteiger partial charge in [0.25, 0.3) is 0 Å². The molecule has 1 unspecified atom stereocenters. The number of hydrogen-bond acceptors (Lipinski definition) is 3. The van der Waals surface area contributed by atoms with E-state index in [2.05, 4.69) is 10.6 Å². The largest absolute Gasteiger partial charge is 0.353 e. The van der Waals surface area contributed by atoms with E-state index in [1.165, 1.54) is 12.2 Å². The maximum absolute atomic E-state index is 11.3. The molecule has 1 aliphatic heterocycles. The van der Waals surface area contributed by atoms with Crippen LogP contribution < -0.4 is 10.6 Å². The number of nitrogens with one attached hydrogen (secondary N) is 2. The third-order valence-corrected chi connectivity index (χ3v) is 3.34. The molecule has 0 aliphatic carbocycles. The summed E-state index contributed by atoms with van der Waals surface area (Å²) in [6.45, 7) is 0.770. The molecule has 4 heteroatoms. The van der Waals surface area contributed by atoms with Gasteiger partial charge in [-0.25, -0.2) is 0 Å². The summed E-state index contributed by atoms with van der Waals surface area (Å²) in [6.07, 6.45) is 2.98. The van der Waals surface area contributed by atoms with Crippen LogP contribution in [-0.4, -0.2) is 37.0 Å². The molecular formula is C9H18N2OS. The summed E-state index contributed by atoms with van der Waals surface area (Å²) in [7, 11) is 1.86. The fraction of sp³-hybridized carbons (Fsp3) is 0.889. The van der Waals surface area contributed by atoms with Crippen LogP contribution in [0.2, 0.25) is 0 Å². The van der Waals surface area contributed by atoms with E-state index in [1.807, 2.05) is 18.8 Å². The van der Waals surface area contributed by atoms with Crippen molar-refractivity contribution in [1.29, 1.82) is 0 Å². The molecule has 1 rings (SSSR count). The molecule has 1 aliphatic rings. The minimum Gasteiger partial charge on any atom is -0.353 e. The Morgan fingerprint density at radius 1 is 1.62 bits per heavy atom. The summed E-state index contributed by atoms with van der Waals surface area (Å²) in [4.78, 5) is 11.3. The van der Waals surface area contributed by atoms with Crippen LogP contribution in [0.3, 0.4) is 0 Å². The maximum Gasteiger partial charge on any atom is 0.221 e. The lowest BCUT2D eigenvalue weighted by Gasteiger charge is -2.22. The van der Waals surface area contributed by atoms with Crippen LogP contribution in [0.15, 0.2) is 0 Å². The van der Waals surface area contributed by atoms with Gasteiger partial charge in [-0.3, -0.25) is 4.79 Å². The Balaban J connectivity index is 2.11. The van der Waals surface area contributed by atoms with Crippen LogP contribution in [0.25, 0.3) is 0 Å². The van der Waals surface area contributed by atoms with Crippen LogP contribution in [0.1, 0.15) is 19.3 Å². The number of carbonyl (C=O) groups excluding carboxylic acids is 1. The highest BCUT2D eigenvalue weighted by atomic mass is 32.2. The normalized spacial score (nSPS) is 22.7. The van der Waals surface area contributed by atoms with Gasteiger partial charge < -0.3 is 10.6 Å². The van der Waals surface area contributed by atoms with E-state index in [1.54, 1.807) is 0 Å². The Hall–Kier alpha value is -0.220. The molecule has 0 bridgehead atoms. The van der Waals surface area contributed by atoms with Gasteiger partial charge in [0, 0.05) is 24.8 Å². The molecule has 0 aromatic rings. The van der Waals surface area contributed by atoms with Crippen molar-refractivity contribution in [3.63, 3.8) is 0 Å². The molecule has 1 heterocycles. The van der Waals surface area contributed by atoms with Crippen molar-refractivity contribution >= 4 is 17.7 Å². The van der Waals surface area contributed by atoms with E-state index in [9.17, 15) is 4.79 Å². The Labute approximate surface area is 84.0 Å². The molecule has 1 atom stereocenters. The topological polar surface area (TPSA) is 41.1 Å². The van der Waals surface area contributed by atoms with E-state index in [-0.39, 0.29) is 5.91 Å². The van der Waals surface area contributed by atoms with Gasteiger partial charge in [0.1, 0.15) is 0 Å². The zero-order valence-corrected chi connectivity index (χ0v) is 8.95. The summed E-state index contributed by atoms with van der Waals surface area (Å²) in [5.41, 5.74) is 0. The van der Waals surface area contributed by atoms with Gasteiger partial charge in [-0.15, -0.1) is 0 Å². The van der Waals surface area contributed by atoms with Crippen molar-refractivity contribution in [2.45, 2.75) is 25.3 Å². The van der Waals surface area contributed by atoms with Gasteiger partial charge in [-0.2, -0.15) is 11.8 Å². The lowest BCUT2D eigenvalue weighted by Crippen LogP contribution is -2.39. The molecule has 1 saturated heterocycles. The molecule has 13 heavy (non-hydrogen) atoms. The smallest absolute Gasteiger partial charge is 0.221 e. The minimum atomic E-state index is 0.182. The molecule has 0 aromatic carbocycles. The third-order valence-electron chi connectivity index (χ3n) is 2.13. The zero-order valence-electron chi connectivity index (χ0n) is 8.14. The lowest BCUT2D eigenvalue weighted by molar-refractivity contribution is -0.121. The molecular weight excluding hydrogens is 184 g/mol. The maximum atomic E-state index is 11.3. The van der Waals surface area contributed by atoms with Gasteiger partial charge >= 0.3 is 0 Å². The highest BCUT2D eigenvalue weighted by molar-refractivity contribution is 7.99. The third kappa shape index (κ3) is 4.52. The quantitative estimate of drug-likeness (QED) is 0.702. The second-order valence-electron chi connectivity index (χ2n) is 3.34. The van der Waals surface area contributed by atoms with Crippen molar-refractivity contribution in [1.82, 2.24) is 10.6 Å². The molecule has 0 aromatic heterocycles. The SMILES string of the molecule is CNCCC(=O)NC1CCCSC1. The monoisotopic (exact) mass is 202 g/mol. The number of hydrogen-bond donors (Lipinski definition) is 2. The minimum absolute atomic E-state index is 0.182. The van der Waals surface area contributed by atoms with Gasteiger partial charge in [-0.05, 0) is 25.6 Å². The molecule has 1 fully saturated rings. The van der Waals surface area contributed by atoms with Crippen molar-refractivity contribution in [2.75, 3.05) is 25.1 Å². The van der Waals surface area contributed by atoms with E-state index in [0.29, 0.717) is 12.5 Å². The van der Waals surface area contributed by atoms with E-state index in [0.717, 1.165) is 18.7 Å². The second kappa shape index (κ2) is 6.27. The summed E-state index contributed by atoms with van der Waals surface area (Å²) >= 11 is 1.94. The van der Waals surface area contributed by atoms with Crippen LogP contribution in [0.4, 0.5) is 0 Å². The van der Waals surface area contributed by atoms with Crippen LogP contribution in [0.5, 0.6) is 0 Å². The molecule has 2 N–H and O–H groups in total. The predicted octanol–water partition coefficient (Wildman–Crippen LogP) is 0.608. The summed E-state index contributed by atoms with van der Waals surface area (Å²) in [6, 6.07) is 0.420. The van der Waals surface area contributed by atoms with Crippen molar-refractivity contribution < 1.29 is 4.79 Å². The first-order chi connectivity index (χ1) is 6.33. The second-order valence-corrected chi connectivity index (χ2v) is 4.48. The lowest BCUT2D eigenvalue weighted by atomic mass is 10.2. The van der Waals surface area contributed by atoms with E-state index in [4.69, 9.17) is 0 Å². The first kappa shape index (κ1) is 10.9. The highest BCUT2D eigenvalue weighted by Gasteiger charge is 2.15. The Morgan fingerprint density at radius 2 is 2.46 bits per heavy atom.